The maximum atomic E-state index is 13.3. The Hall–Kier alpha value is -3.08. The summed E-state index contributed by atoms with van der Waals surface area (Å²) in [6.45, 7) is 6.81. The number of methoxy groups -OCH3 is 1. The summed E-state index contributed by atoms with van der Waals surface area (Å²) in [6, 6.07) is 17.7. The minimum atomic E-state index is -0.188. The average Bonchev–Trinajstić information content (AvgIpc) is 3.23. The van der Waals surface area contributed by atoms with Crippen LogP contribution in [0.5, 0.6) is 5.75 Å². The topological polar surface area (TPSA) is 51.1 Å². The Balaban J connectivity index is 1.70. The van der Waals surface area contributed by atoms with Crippen LogP contribution in [0.4, 0.5) is 0 Å². The van der Waals surface area contributed by atoms with E-state index in [0.29, 0.717) is 19.5 Å². The van der Waals surface area contributed by atoms with Crippen LogP contribution in [0.3, 0.4) is 0 Å². The monoisotopic (exact) mass is 392 g/mol. The van der Waals surface area contributed by atoms with E-state index in [1.807, 2.05) is 66.4 Å². The molecule has 2 aromatic rings. The van der Waals surface area contributed by atoms with Gasteiger partial charge in [-0.25, -0.2) is 0 Å². The SMILES string of the molecule is C=CCN(CC1CC(c2ccccc2OC)=NO1)C(=O)C(CC)c1ccccc1. The van der Waals surface area contributed by atoms with Gasteiger partial charge in [0.1, 0.15) is 5.75 Å². The first-order valence-electron chi connectivity index (χ1n) is 9.98. The van der Waals surface area contributed by atoms with Crippen LogP contribution in [0.1, 0.15) is 36.8 Å². The largest absolute Gasteiger partial charge is 0.496 e. The summed E-state index contributed by atoms with van der Waals surface area (Å²) in [6.07, 6.45) is 2.94. The van der Waals surface area contributed by atoms with Crippen molar-refractivity contribution in [2.45, 2.75) is 31.8 Å². The van der Waals surface area contributed by atoms with Crippen molar-refractivity contribution >= 4 is 11.6 Å². The van der Waals surface area contributed by atoms with Gasteiger partial charge in [0, 0.05) is 18.5 Å². The highest BCUT2D eigenvalue weighted by atomic mass is 16.6. The summed E-state index contributed by atoms with van der Waals surface area (Å²) < 4.78 is 5.43. The van der Waals surface area contributed by atoms with E-state index < -0.39 is 0 Å². The number of hydrogen-bond donors (Lipinski definition) is 0. The van der Waals surface area contributed by atoms with Crippen LogP contribution in [0.15, 0.2) is 72.4 Å². The molecule has 152 valence electrons. The van der Waals surface area contributed by atoms with Gasteiger partial charge in [-0.1, -0.05) is 60.6 Å². The van der Waals surface area contributed by atoms with Crippen LogP contribution in [0.25, 0.3) is 0 Å². The van der Waals surface area contributed by atoms with Gasteiger partial charge in [-0.3, -0.25) is 4.79 Å². The van der Waals surface area contributed by atoms with E-state index in [1.165, 1.54) is 0 Å². The molecule has 1 aliphatic rings. The molecule has 0 fully saturated rings. The van der Waals surface area contributed by atoms with Crippen molar-refractivity contribution in [1.82, 2.24) is 4.90 Å². The molecule has 0 bridgehead atoms. The Morgan fingerprint density at radius 2 is 2.00 bits per heavy atom. The summed E-state index contributed by atoms with van der Waals surface area (Å²) in [7, 11) is 1.64. The van der Waals surface area contributed by atoms with Gasteiger partial charge in [0.25, 0.3) is 0 Å². The van der Waals surface area contributed by atoms with Crippen molar-refractivity contribution in [1.29, 1.82) is 0 Å². The number of rotatable bonds is 9. The van der Waals surface area contributed by atoms with Crippen LogP contribution in [-0.2, 0) is 9.63 Å². The predicted molar refractivity (Wildman–Crippen MR) is 115 cm³/mol. The normalized spacial score (nSPS) is 16.5. The lowest BCUT2D eigenvalue weighted by Gasteiger charge is -2.27. The molecule has 5 heteroatoms. The maximum Gasteiger partial charge on any atom is 0.230 e. The van der Waals surface area contributed by atoms with Crippen molar-refractivity contribution in [3.63, 3.8) is 0 Å². The molecular formula is C24H28N2O3. The van der Waals surface area contributed by atoms with E-state index >= 15 is 0 Å². The second-order valence-corrected chi connectivity index (χ2v) is 7.07. The Morgan fingerprint density at radius 3 is 2.69 bits per heavy atom. The van der Waals surface area contributed by atoms with Gasteiger partial charge in [0.05, 0.1) is 25.3 Å². The molecule has 1 aliphatic heterocycles. The van der Waals surface area contributed by atoms with Crippen molar-refractivity contribution < 1.29 is 14.4 Å². The van der Waals surface area contributed by atoms with Gasteiger partial charge >= 0.3 is 0 Å². The summed E-state index contributed by atoms with van der Waals surface area (Å²) >= 11 is 0. The summed E-state index contributed by atoms with van der Waals surface area (Å²) in [4.78, 5) is 20.8. The zero-order valence-electron chi connectivity index (χ0n) is 17.1. The van der Waals surface area contributed by atoms with Crippen LogP contribution >= 0.6 is 0 Å². The predicted octanol–water partition coefficient (Wildman–Crippen LogP) is 4.40. The van der Waals surface area contributed by atoms with E-state index in [4.69, 9.17) is 9.57 Å². The number of carbonyl (C=O) groups excluding carboxylic acids is 1. The third-order valence-corrected chi connectivity index (χ3v) is 5.14. The standard InChI is InChI=1S/C24H28N2O3/c1-4-15-26(24(27)20(5-2)18-11-7-6-8-12-18)17-19-16-22(25-29-19)21-13-9-10-14-23(21)28-3/h4,6-14,19-20H,1,5,15-17H2,2-3H3. The lowest BCUT2D eigenvalue weighted by Crippen LogP contribution is -2.40. The third-order valence-electron chi connectivity index (χ3n) is 5.14. The fourth-order valence-corrected chi connectivity index (χ4v) is 3.68. The Labute approximate surface area is 172 Å². The molecule has 5 nitrogen and oxygen atoms in total. The number of para-hydroxylation sites is 1. The van der Waals surface area contributed by atoms with Crippen LogP contribution in [-0.4, -0.2) is 42.8 Å². The fraction of sp³-hybridized carbons (Fsp3) is 0.333. The molecule has 2 unspecified atom stereocenters. The zero-order chi connectivity index (χ0) is 20.6. The molecule has 1 heterocycles. The Morgan fingerprint density at radius 1 is 1.28 bits per heavy atom. The highest BCUT2D eigenvalue weighted by Crippen LogP contribution is 2.26. The Kier molecular flexibility index (Phi) is 7.06. The van der Waals surface area contributed by atoms with Crippen LogP contribution in [0, 0.1) is 0 Å². The first-order chi connectivity index (χ1) is 14.2. The lowest BCUT2D eigenvalue weighted by atomic mass is 9.94. The Bertz CT molecular complexity index is 863. The second-order valence-electron chi connectivity index (χ2n) is 7.07. The number of ether oxygens (including phenoxy) is 1. The van der Waals surface area contributed by atoms with Gasteiger partial charge in [0.15, 0.2) is 6.10 Å². The van der Waals surface area contributed by atoms with Crippen LogP contribution < -0.4 is 4.74 Å². The lowest BCUT2D eigenvalue weighted by molar-refractivity contribution is -0.134. The zero-order valence-corrected chi connectivity index (χ0v) is 17.1. The molecule has 1 amide bonds. The minimum Gasteiger partial charge on any atom is -0.496 e. The molecule has 0 N–H and O–H groups in total. The number of hydrogen-bond acceptors (Lipinski definition) is 4. The number of nitrogens with zero attached hydrogens (tertiary/aromatic N) is 2. The number of benzene rings is 2. The van der Waals surface area contributed by atoms with Crippen molar-refractivity contribution in [3.05, 3.63) is 78.4 Å². The number of oxime groups is 1. The van der Waals surface area contributed by atoms with Crippen LogP contribution in [0.2, 0.25) is 0 Å². The molecule has 2 atom stereocenters. The van der Waals surface area contributed by atoms with Gasteiger partial charge < -0.3 is 14.5 Å². The first kappa shape index (κ1) is 20.6. The molecule has 0 saturated heterocycles. The van der Waals surface area contributed by atoms with E-state index in [0.717, 1.165) is 29.0 Å². The van der Waals surface area contributed by atoms with Gasteiger partial charge in [0.2, 0.25) is 5.91 Å². The van der Waals surface area contributed by atoms with Gasteiger partial charge in [-0.15, -0.1) is 6.58 Å². The van der Waals surface area contributed by atoms with Crippen molar-refractivity contribution in [2.24, 2.45) is 5.16 Å². The molecule has 29 heavy (non-hydrogen) atoms. The minimum absolute atomic E-state index is 0.0907. The summed E-state index contributed by atoms with van der Waals surface area (Å²) in [5.74, 6) is 0.685. The molecule has 0 aromatic heterocycles. The molecular weight excluding hydrogens is 364 g/mol. The quantitative estimate of drug-likeness (QED) is 0.595. The first-order valence-corrected chi connectivity index (χ1v) is 9.98. The molecule has 0 saturated carbocycles. The molecule has 2 aromatic carbocycles. The third kappa shape index (κ3) is 4.86. The number of amides is 1. The maximum absolute atomic E-state index is 13.3. The smallest absolute Gasteiger partial charge is 0.230 e. The fourth-order valence-electron chi connectivity index (χ4n) is 3.68. The van der Waals surface area contributed by atoms with E-state index in [-0.39, 0.29) is 17.9 Å². The molecule has 0 radical (unpaired) electrons. The average molecular weight is 392 g/mol. The van der Waals surface area contributed by atoms with Crippen molar-refractivity contribution in [3.8, 4) is 5.75 Å². The molecule has 0 spiro atoms. The van der Waals surface area contributed by atoms with E-state index in [2.05, 4.69) is 11.7 Å². The van der Waals surface area contributed by atoms with E-state index in [1.54, 1.807) is 13.2 Å². The molecule has 3 rings (SSSR count). The second kappa shape index (κ2) is 9.92. The summed E-state index contributed by atoms with van der Waals surface area (Å²) in [5, 5.41) is 4.26. The highest BCUT2D eigenvalue weighted by molar-refractivity contribution is 6.03. The molecule has 0 aliphatic carbocycles. The van der Waals surface area contributed by atoms with E-state index in [9.17, 15) is 4.79 Å². The van der Waals surface area contributed by atoms with Crippen molar-refractivity contribution in [2.75, 3.05) is 20.2 Å². The summed E-state index contributed by atoms with van der Waals surface area (Å²) in [5.41, 5.74) is 2.80. The van der Waals surface area contributed by atoms with Gasteiger partial charge in [-0.05, 0) is 24.1 Å². The van der Waals surface area contributed by atoms with Gasteiger partial charge in [-0.2, -0.15) is 0 Å². The number of carbonyl (C=O) groups is 1. The highest BCUT2D eigenvalue weighted by Gasteiger charge is 2.30.